The molecule has 1 aromatic heterocycles. The van der Waals surface area contributed by atoms with Gasteiger partial charge in [0.2, 0.25) is 5.78 Å². The summed E-state index contributed by atoms with van der Waals surface area (Å²) >= 11 is 4.51. The van der Waals surface area contributed by atoms with E-state index in [1.807, 2.05) is 0 Å². The van der Waals surface area contributed by atoms with Crippen LogP contribution >= 0.6 is 27.7 Å². The summed E-state index contributed by atoms with van der Waals surface area (Å²) in [6.45, 7) is 1.63. The number of methoxy groups -OCH3 is 3. The first kappa shape index (κ1) is 24.8. The zero-order valence-electron chi connectivity index (χ0n) is 18.5. The first-order valence-corrected chi connectivity index (χ1v) is 11.4. The fraction of sp³-hybridized carbons (Fsp3) is 0.208. The van der Waals surface area contributed by atoms with E-state index in [1.165, 1.54) is 7.11 Å². The maximum Gasteiger partial charge on any atom is 0.231 e. The number of furan rings is 1. The normalized spacial score (nSPS) is 11.7. The van der Waals surface area contributed by atoms with Gasteiger partial charge in [0.1, 0.15) is 32.9 Å². The fourth-order valence-corrected chi connectivity index (χ4v) is 4.29. The maximum absolute atomic E-state index is 13.1. The van der Waals surface area contributed by atoms with Crippen LogP contribution in [0.2, 0.25) is 0 Å². The van der Waals surface area contributed by atoms with Gasteiger partial charge in [-0.05, 0) is 52.7 Å². The van der Waals surface area contributed by atoms with Gasteiger partial charge in [0.15, 0.2) is 5.76 Å². The molecule has 0 aliphatic rings. The molecule has 0 aliphatic heterocycles. The summed E-state index contributed by atoms with van der Waals surface area (Å²) in [6.07, 6.45) is -0.863. The van der Waals surface area contributed by atoms with E-state index in [0.29, 0.717) is 43.5 Å². The van der Waals surface area contributed by atoms with Gasteiger partial charge >= 0.3 is 0 Å². The number of carbonyl (C=O) groups excluding carboxylic acids is 1. The number of benzene rings is 2. The first-order chi connectivity index (χ1) is 15.8. The zero-order chi connectivity index (χ0) is 24.1. The lowest BCUT2D eigenvalue weighted by molar-refractivity contribution is 0.0577. The molecule has 2 N–H and O–H groups in total. The van der Waals surface area contributed by atoms with Crippen molar-refractivity contribution in [2.75, 3.05) is 21.3 Å². The van der Waals surface area contributed by atoms with Crippen LogP contribution in [0.4, 0.5) is 0 Å². The summed E-state index contributed by atoms with van der Waals surface area (Å²) in [5, 5.41) is 16.2. The highest BCUT2D eigenvalue weighted by molar-refractivity contribution is 9.10. The number of carbonyl (C=O) groups is 1. The lowest BCUT2D eigenvalue weighted by atomic mass is 10.0. The number of thioether (sulfide) groups is 1. The van der Waals surface area contributed by atoms with Gasteiger partial charge in [0.25, 0.3) is 0 Å². The third-order valence-electron chi connectivity index (χ3n) is 4.78. The maximum atomic E-state index is 13.1. The highest BCUT2D eigenvalue weighted by atomic mass is 79.9. The van der Waals surface area contributed by atoms with Crippen LogP contribution in [0.1, 0.15) is 34.7 Å². The number of hydrogen-bond acceptors (Lipinski definition) is 8. The van der Waals surface area contributed by atoms with Gasteiger partial charge in [-0.2, -0.15) is 0 Å². The van der Waals surface area contributed by atoms with Gasteiger partial charge in [-0.3, -0.25) is 15.6 Å². The molecule has 0 amide bonds. The van der Waals surface area contributed by atoms with Crippen molar-refractivity contribution in [1.82, 2.24) is 0 Å². The standard InChI is InChI=1S/C24H23BrN2O5S/c1-13(26)33-24(27)15-7-5-14(6-8-15)23(31-4)22(28)18-10-9-17(32-18)16-11-19(29-2)21(25)20(12-16)30-3/h5-12,23,26-27H,1-4H3. The number of rotatable bonds is 8. The molecule has 172 valence electrons. The Morgan fingerprint density at radius 2 is 1.61 bits per heavy atom. The molecule has 0 saturated heterocycles. The Bertz CT molecular complexity index is 1160. The van der Waals surface area contributed by atoms with Crippen molar-refractivity contribution >= 4 is 43.6 Å². The van der Waals surface area contributed by atoms with E-state index < -0.39 is 6.10 Å². The molecule has 0 spiro atoms. The summed E-state index contributed by atoms with van der Waals surface area (Å²) in [7, 11) is 4.57. The molecule has 9 heteroatoms. The Kier molecular flexibility index (Phi) is 8.12. The van der Waals surface area contributed by atoms with Gasteiger partial charge in [0.05, 0.1) is 19.3 Å². The van der Waals surface area contributed by atoms with Crippen molar-refractivity contribution in [1.29, 1.82) is 10.8 Å². The van der Waals surface area contributed by atoms with Crippen molar-refractivity contribution in [3.05, 3.63) is 69.9 Å². The minimum atomic E-state index is -0.863. The SMILES string of the molecule is COc1cc(-c2ccc(C(=O)C(OC)c3ccc(C(=N)SC(C)=N)cc3)o2)cc(OC)c1Br. The molecule has 0 fully saturated rings. The zero-order valence-corrected chi connectivity index (χ0v) is 20.9. The van der Waals surface area contributed by atoms with Crippen molar-refractivity contribution in [2.24, 2.45) is 0 Å². The highest BCUT2D eigenvalue weighted by Gasteiger charge is 2.25. The number of ketones is 1. The molecule has 33 heavy (non-hydrogen) atoms. The second kappa shape index (κ2) is 10.8. The van der Waals surface area contributed by atoms with Crippen LogP contribution in [-0.4, -0.2) is 37.2 Å². The van der Waals surface area contributed by atoms with Crippen LogP contribution in [0.3, 0.4) is 0 Å². The van der Waals surface area contributed by atoms with E-state index >= 15 is 0 Å². The monoisotopic (exact) mass is 530 g/mol. The molecule has 0 bridgehead atoms. The van der Waals surface area contributed by atoms with E-state index in [4.69, 9.17) is 29.4 Å². The molecule has 1 unspecified atom stereocenters. The second-order valence-corrected chi connectivity index (χ2v) is 8.97. The van der Waals surface area contributed by atoms with Crippen LogP contribution in [0.5, 0.6) is 11.5 Å². The molecule has 7 nitrogen and oxygen atoms in total. The molecule has 3 aromatic rings. The van der Waals surface area contributed by atoms with Crippen molar-refractivity contribution in [3.63, 3.8) is 0 Å². The Hall–Kier alpha value is -2.88. The van der Waals surface area contributed by atoms with Gasteiger partial charge in [-0.1, -0.05) is 36.0 Å². The second-order valence-electron chi connectivity index (χ2n) is 6.95. The molecule has 0 aliphatic carbocycles. The number of Topliss-reactive ketones (excluding diaryl/α,β-unsaturated/α-hetero) is 1. The highest BCUT2D eigenvalue weighted by Crippen LogP contribution is 2.39. The minimum Gasteiger partial charge on any atom is -0.495 e. The summed E-state index contributed by atoms with van der Waals surface area (Å²) in [6, 6.07) is 13.8. The predicted octanol–water partition coefficient (Wildman–Crippen LogP) is 6.35. The van der Waals surface area contributed by atoms with E-state index in [-0.39, 0.29) is 16.6 Å². The van der Waals surface area contributed by atoms with Crippen molar-refractivity contribution < 1.29 is 23.4 Å². The minimum absolute atomic E-state index is 0.157. The largest absolute Gasteiger partial charge is 0.495 e. The van der Waals surface area contributed by atoms with E-state index in [0.717, 1.165) is 11.8 Å². The molecule has 0 radical (unpaired) electrons. The average Bonchev–Trinajstić information content (AvgIpc) is 3.30. The first-order valence-electron chi connectivity index (χ1n) is 9.79. The molecular weight excluding hydrogens is 508 g/mol. The van der Waals surface area contributed by atoms with Gasteiger partial charge in [-0.15, -0.1) is 0 Å². The summed E-state index contributed by atoms with van der Waals surface area (Å²) in [5.41, 5.74) is 2.00. The Morgan fingerprint density at radius 3 is 2.12 bits per heavy atom. The van der Waals surface area contributed by atoms with E-state index in [9.17, 15) is 4.79 Å². The van der Waals surface area contributed by atoms with E-state index in [1.54, 1.807) is 69.7 Å². The number of ether oxygens (including phenoxy) is 3. The third-order valence-corrected chi connectivity index (χ3v) is 6.31. The Labute approximate surface area is 204 Å². The molecule has 3 rings (SSSR count). The number of halogens is 1. The third kappa shape index (κ3) is 5.55. The van der Waals surface area contributed by atoms with Gasteiger partial charge < -0.3 is 18.6 Å². The average molecular weight is 531 g/mol. The Balaban J connectivity index is 1.85. The van der Waals surface area contributed by atoms with Crippen LogP contribution in [0.15, 0.2) is 57.4 Å². The van der Waals surface area contributed by atoms with Crippen LogP contribution in [-0.2, 0) is 4.74 Å². The summed E-state index contributed by atoms with van der Waals surface area (Å²) < 4.78 is 22.8. The smallest absolute Gasteiger partial charge is 0.231 e. The van der Waals surface area contributed by atoms with Crippen molar-refractivity contribution in [3.8, 4) is 22.8 Å². The predicted molar refractivity (Wildman–Crippen MR) is 133 cm³/mol. The number of hydrogen-bond donors (Lipinski definition) is 2. The summed E-state index contributed by atoms with van der Waals surface area (Å²) in [5.74, 6) is 1.47. The van der Waals surface area contributed by atoms with Gasteiger partial charge in [0, 0.05) is 18.2 Å². The quantitative estimate of drug-likeness (QED) is 0.199. The lowest BCUT2D eigenvalue weighted by Crippen LogP contribution is -2.14. The van der Waals surface area contributed by atoms with Gasteiger partial charge in [-0.25, -0.2) is 0 Å². The Morgan fingerprint density at radius 1 is 1.00 bits per heavy atom. The number of nitrogens with one attached hydrogen (secondary N) is 2. The van der Waals surface area contributed by atoms with Crippen LogP contribution in [0.25, 0.3) is 11.3 Å². The topological polar surface area (TPSA) is 106 Å². The molecule has 1 heterocycles. The fourth-order valence-electron chi connectivity index (χ4n) is 3.18. The molecule has 1 atom stereocenters. The van der Waals surface area contributed by atoms with Crippen LogP contribution < -0.4 is 9.47 Å². The van der Waals surface area contributed by atoms with Crippen LogP contribution in [0, 0.1) is 10.8 Å². The molecule has 0 saturated carbocycles. The molecule has 2 aromatic carbocycles. The molecular formula is C24H23BrN2O5S. The van der Waals surface area contributed by atoms with E-state index in [2.05, 4.69) is 15.9 Å². The summed E-state index contributed by atoms with van der Waals surface area (Å²) in [4.78, 5) is 13.1. The van der Waals surface area contributed by atoms with Crippen molar-refractivity contribution in [2.45, 2.75) is 13.0 Å². The lowest BCUT2D eigenvalue weighted by Gasteiger charge is -2.14.